The summed E-state index contributed by atoms with van der Waals surface area (Å²) in [5, 5.41) is 3.29. The number of fused-ring (bicyclic) bond motifs is 1. The third-order valence-corrected chi connectivity index (χ3v) is 3.83. The van der Waals surface area contributed by atoms with Gasteiger partial charge in [0.15, 0.2) is 0 Å². The van der Waals surface area contributed by atoms with Gasteiger partial charge >= 0.3 is 18.0 Å². The molecule has 28 heavy (non-hydrogen) atoms. The highest BCUT2D eigenvalue weighted by atomic mass is 19.4. The highest BCUT2D eigenvalue weighted by molar-refractivity contribution is 5.89. The van der Waals surface area contributed by atoms with Crippen LogP contribution in [0.5, 0.6) is 0 Å². The van der Waals surface area contributed by atoms with Gasteiger partial charge in [-0.25, -0.2) is 9.78 Å². The van der Waals surface area contributed by atoms with Gasteiger partial charge in [-0.1, -0.05) is 29.4 Å². The number of esters is 1. The van der Waals surface area contributed by atoms with E-state index in [2.05, 4.69) is 24.6 Å². The van der Waals surface area contributed by atoms with E-state index in [1.54, 1.807) is 0 Å². The van der Waals surface area contributed by atoms with Crippen LogP contribution >= 0.6 is 0 Å². The molecule has 10 heteroatoms. The van der Waals surface area contributed by atoms with Gasteiger partial charge in [-0.2, -0.15) is 18.2 Å². The van der Waals surface area contributed by atoms with Crippen molar-refractivity contribution in [2.24, 2.45) is 0 Å². The predicted octanol–water partition coefficient (Wildman–Crippen LogP) is 3.99. The molecule has 0 amide bonds. The number of hydrogen-bond acceptors (Lipinski definition) is 6. The Morgan fingerprint density at radius 1 is 1.07 bits per heavy atom. The zero-order chi connectivity index (χ0) is 19.7. The Hall–Kier alpha value is -3.69. The molecule has 4 aromatic rings. The lowest BCUT2D eigenvalue weighted by Gasteiger charge is -2.03. The van der Waals surface area contributed by atoms with Gasteiger partial charge in [-0.3, -0.25) is 0 Å². The van der Waals surface area contributed by atoms with Crippen LogP contribution in [0.15, 0.2) is 53.1 Å². The van der Waals surface area contributed by atoms with E-state index in [0.29, 0.717) is 5.82 Å². The molecule has 0 aliphatic rings. The fourth-order valence-corrected chi connectivity index (χ4v) is 2.50. The van der Waals surface area contributed by atoms with E-state index in [4.69, 9.17) is 4.74 Å². The van der Waals surface area contributed by atoms with Crippen molar-refractivity contribution in [2.45, 2.75) is 12.8 Å². The summed E-state index contributed by atoms with van der Waals surface area (Å²) in [5.74, 6) is -1.76. The first kappa shape index (κ1) is 17.7. The number of para-hydroxylation sites is 2. The molecule has 0 aliphatic heterocycles. The quantitative estimate of drug-likeness (QED) is 0.532. The number of halogens is 3. The van der Waals surface area contributed by atoms with Gasteiger partial charge in [-0.05, 0) is 24.3 Å². The third kappa shape index (κ3) is 3.56. The fourth-order valence-electron chi connectivity index (χ4n) is 2.50. The van der Waals surface area contributed by atoms with Crippen molar-refractivity contribution in [3.8, 4) is 11.4 Å². The number of hydrogen-bond donors (Lipinski definition) is 1. The van der Waals surface area contributed by atoms with Crippen molar-refractivity contribution in [1.82, 2.24) is 20.1 Å². The number of aromatic amines is 1. The third-order valence-electron chi connectivity index (χ3n) is 3.83. The van der Waals surface area contributed by atoms with Crippen molar-refractivity contribution in [3.05, 3.63) is 65.8 Å². The number of carbonyl (C=O) groups excluding carboxylic acids is 1. The minimum atomic E-state index is -4.72. The van der Waals surface area contributed by atoms with Gasteiger partial charge in [0, 0.05) is 5.56 Å². The van der Waals surface area contributed by atoms with Crippen LogP contribution < -0.4 is 0 Å². The van der Waals surface area contributed by atoms with Gasteiger partial charge < -0.3 is 14.2 Å². The van der Waals surface area contributed by atoms with Crippen molar-refractivity contribution in [2.75, 3.05) is 0 Å². The topological polar surface area (TPSA) is 93.9 Å². The van der Waals surface area contributed by atoms with Crippen LogP contribution in [0.2, 0.25) is 0 Å². The number of nitrogens with zero attached hydrogens (tertiary/aromatic N) is 3. The molecule has 0 saturated heterocycles. The number of nitrogens with one attached hydrogen (secondary N) is 1. The van der Waals surface area contributed by atoms with Crippen LogP contribution in [0, 0.1) is 0 Å². The first-order valence-electron chi connectivity index (χ1n) is 8.02. The summed E-state index contributed by atoms with van der Waals surface area (Å²) >= 11 is 0. The smallest absolute Gasteiger partial charge is 0.454 e. The second-order valence-corrected chi connectivity index (χ2v) is 5.78. The standard InChI is InChI=1S/C18H11F3N4O3/c19-18(20,21)17-24-15(25-28-17)10-5-7-11(8-6-10)16(26)27-9-14-22-12-3-1-2-4-13(12)23-14/h1-8H,9H2,(H,22,23). The van der Waals surface area contributed by atoms with Crippen molar-refractivity contribution in [3.63, 3.8) is 0 Å². The monoisotopic (exact) mass is 388 g/mol. The zero-order valence-corrected chi connectivity index (χ0v) is 14.0. The SMILES string of the molecule is O=C(OCc1nc2ccccc2[nH]1)c1ccc(-c2noc(C(F)(F)F)n2)cc1. The van der Waals surface area contributed by atoms with Crippen LogP contribution in [0.3, 0.4) is 0 Å². The molecule has 4 rings (SSSR count). The average molecular weight is 388 g/mol. The van der Waals surface area contributed by atoms with Gasteiger partial charge in [0.25, 0.3) is 0 Å². The number of carbonyl (C=O) groups is 1. The lowest BCUT2D eigenvalue weighted by atomic mass is 10.1. The number of alkyl halides is 3. The minimum absolute atomic E-state index is 0.0466. The Morgan fingerprint density at radius 2 is 1.82 bits per heavy atom. The summed E-state index contributed by atoms with van der Waals surface area (Å²) in [4.78, 5) is 22.8. The molecule has 7 nitrogen and oxygen atoms in total. The Kier molecular flexibility index (Phi) is 4.30. The van der Waals surface area contributed by atoms with E-state index >= 15 is 0 Å². The maximum atomic E-state index is 12.5. The number of aromatic nitrogens is 4. The number of rotatable bonds is 4. The van der Waals surface area contributed by atoms with E-state index in [1.807, 2.05) is 24.3 Å². The summed E-state index contributed by atoms with van der Waals surface area (Å²) in [7, 11) is 0. The van der Waals surface area contributed by atoms with E-state index in [9.17, 15) is 18.0 Å². The molecule has 0 aliphatic carbocycles. The molecule has 0 fully saturated rings. The molecule has 0 bridgehead atoms. The largest absolute Gasteiger partial charge is 0.471 e. The minimum Gasteiger partial charge on any atom is -0.454 e. The number of imidazole rings is 1. The molecule has 2 heterocycles. The van der Waals surface area contributed by atoms with Gasteiger partial charge in [0.2, 0.25) is 5.82 Å². The molecule has 0 spiro atoms. The summed E-state index contributed by atoms with van der Waals surface area (Å²) in [5.41, 5.74) is 2.08. The first-order valence-corrected chi connectivity index (χ1v) is 8.02. The van der Waals surface area contributed by atoms with Crippen molar-refractivity contribution < 1.29 is 27.2 Å². The van der Waals surface area contributed by atoms with Crippen LogP contribution in [-0.2, 0) is 17.5 Å². The summed E-state index contributed by atoms with van der Waals surface area (Å²) in [6.45, 7) is -0.0466. The lowest BCUT2D eigenvalue weighted by Crippen LogP contribution is -2.06. The van der Waals surface area contributed by atoms with Crippen LogP contribution in [-0.4, -0.2) is 26.1 Å². The number of ether oxygens (including phenoxy) is 1. The van der Waals surface area contributed by atoms with E-state index < -0.39 is 18.0 Å². The molecule has 0 radical (unpaired) electrons. The first-order chi connectivity index (χ1) is 13.4. The molecule has 142 valence electrons. The normalized spacial score (nSPS) is 11.7. The molecular weight excluding hydrogens is 377 g/mol. The van der Waals surface area contributed by atoms with Gasteiger partial charge in [-0.15, -0.1) is 0 Å². The van der Waals surface area contributed by atoms with E-state index in [0.717, 1.165) is 11.0 Å². The van der Waals surface area contributed by atoms with E-state index in [1.165, 1.54) is 24.3 Å². The van der Waals surface area contributed by atoms with Crippen molar-refractivity contribution >= 4 is 17.0 Å². The predicted molar refractivity (Wildman–Crippen MR) is 89.9 cm³/mol. The Labute approximate surface area is 155 Å². The highest BCUT2D eigenvalue weighted by Crippen LogP contribution is 2.29. The summed E-state index contributed by atoms with van der Waals surface area (Å²) in [6, 6.07) is 13.0. The maximum Gasteiger partial charge on any atom is 0.471 e. The van der Waals surface area contributed by atoms with Gasteiger partial charge in [0.05, 0.1) is 16.6 Å². The number of benzene rings is 2. The Balaban J connectivity index is 1.43. The molecular formula is C18H11F3N4O3. The Morgan fingerprint density at radius 3 is 2.50 bits per heavy atom. The molecule has 0 saturated carbocycles. The maximum absolute atomic E-state index is 12.5. The average Bonchev–Trinajstić information content (AvgIpc) is 3.33. The summed E-state index contributed by atoms with van der Waals surface area (Å²) < 4.78 is 46.9. The molecule has 2 aromatic carbocycles. The molecule has 0 atom stereocenters. The lowest BCUT2D eigenvalue weighted by molar-refractivity contribution is -0.159. The molecule has 2 aromatic heterocycles. The van der Waals surface area contributed by atoms with Gasteiger partial charge in [0.1, 0.15) is 12.4 Å². The highest BCUT2D eigenvalue weighted by Gasteiger charge is 2.38. The van der Waals surface area contributed by atoms with Crippen molar-refractivity contribution in [1.29, 1.82) is 0 Å². The fraction of sp³-hybridized carbons (Fsp3) is 0.111. The molecule has 0 unspecified atom stereocenters. The Bertz CT molecular complexity index is 1100. The van der Waals surface area contributed by atoms with Crippen LogP contribution in [0.4, 0.5) is 13.2 Å². The second-order valence-electron chi connectivity index (χ2n) is 5.78. The number of H-pyrrole nitrogens is 1. The van der Waals surface area contributed by atoms with Crippen LogP contribution in [0.1, 0.15) is 22.1 Å². The van der Waals surface area contributed by atoms with Crippen LogP contribution in [0.25, 0.3) is 22.4 Å². The summed E-state index contributed by atoms with van der Waals surface area (Å²) in [6.07, 6.45) is -4.72. The zero-order valence-electron chi connectivity index (χ0n) is 14.0. The second kappa shape index (κ2) is 6.80. The van der Waals surface area contributed by atoms with E-state index in [-0.39, 0.29) is 23.6 Å². The molecule has 1 N–H and O–H groups in total.